The summed E-state index contributed by atoms with van der Waals surface area (Å²) < 4.78 is 14.6. The lowest BCUT2D eigenvalue weighted by Gasteiger charge is -2.11. The topological polar surface area (TPSA) is 29.6 Å². The lowest BCUT2D eigenvalue weighted by Crippen LogP contribution is -1.95. The number of benzene rings is 24. The maximum atomic E-state index is 2.44. The minimum atomic E-state index is 1.16. The molecule has 0 unspecified atom stereocenters. The molecule has 0 atom stereocenters. The first-order valence-electron chi connectivity index (χ1n) is 48.9. The second kappa shape index (κ2) is 33.5. The van der Waals surface area contributed by atoms with Crippen molar-refractivity contribution in [2.24, 2.45) is 0 Å². The molecule has 0 fully saturated rings. The average molecular weight is 1810 g/mol. The van der Waals surface area contributed by atoms with Crippen LogP contribution >= 0.6 is 0 Å². The fourth-order valence-electron chi connectivity index (χ4n) is 22.9. The van der Waals surface area contributed by atoms with Crippen molar-refractivity contribution in [1.29, 1.82) is 0 Å². The van der Waals surface area contributed by atoms with Crippen LogP contribution in [-0.2, 0) is 0 Å². The van der Waals surface area contributed by atoms with E-state index in [0.29, 0.717) is 0 Å². The van der Waals surface area contributed by atoms with Crippen LogP contribution in [0.5, 0.6) is 0 Å². The van der Waals surface area contributed by atoms with E-state index in [1.54, 1.807) is 0 Å². The minimum absolute atomic E-state index is 1.16. The van der Waals surface area contributed by atoms with Crippen molar-refractivity contribution in [1.82, 2.24) is 27.4 Å². The highest BCUT2D eigenvalue weighted by molar-refractivity contribution is 6.32. The van der Waals surface area contributed by atoms with Gasteiger partial charge in [0.25, 0.3) is 0 Å². The van der Waals surface area contributed by atoms with Gasteiger partial charge in [0.2, 0.25) is 0 Å². The van der Waals surface area contributed by atoms with Gasteiger partial charge in [-0.2, -0.15) is 0 Å². The Morgan fingerprint density at radius 1 is 0.0915 bits per heavy atom. The normalized spacial score (nSPS) is 11.8. The van der Waals surface area contributed by atoms with Gasteiger partial charge in [-0.3, -0.25) is 0 Å². The molecule has 0 saturated carbocycles. The van der Waals surface area contributed by atoms with Crippen LogP contribution in [0.4, 0.5) is 0 Å². The van der Waals surface area contributed by atoms with Crippen molar-refractivity contribution < 1.29 is 0 Å². The maximum absolute atomic E-state index is 2.44. The molecule has 0 spiro atoms. The van der Waals surface area contributed by atoms with Crippen molar-refractivity contribution >= 4 is 174 Å². The number of para-hydroxylation sites is 6. The van der Waals surface area contributed by atoms with E-state index < -0.39 is 0 Å². The monoisotopic (exact) mass is 1800 g/mol. The molecular formula is C136H88N6. The minimum Gasteiger partial charge on any atom is -0.309 e. The molecule has 142 heavy (non-hydrogen) atoms. The number of fused-ring (bicyclic) bond motifs is 25. The standard InChI is InChI=1S/2C46H30N2.C44H28N2/c1-3-11-31(12-4-1)33-21-24-37(25-22-33)47-41-17-9-7-15-39(41)45-43(47)27-28-44-46(45)40-16-8-10-18-42(40)48(44)38-26-23-35-29-34(19-20-36(35)30-38)32-13-5-2-6-14-32;1-2-10-31(11-3-1)33-20-24-37(25-21-33)47-41-16-8-6-14-39(41)45-43(47)28-29-44-46(45)40-15-7-9-17-42(40)48(44)38-26-22-34(23-27-38)36-19-18-32-12-4-5-13-35(32)30-36;1-3-11-32-27-34(18-17-29(32)9-1)31-19-22-35(23-20-31)45-39-15-7-5-13-37(39)43-41(45)25-26-42-44(43)38-14-6-8-16-40(38)46(42)36-24-21-30-10-2-4-12-33(30)28-36/h2*1-30H;1-28H. The Kier molecular flexibility index (Phi) is 19.2. The Morgan fingerprint density at radius 3 is 0.528 bits per heavy atom. The number of hydrogen-bond donors (Lipinski definition) is 0. The van der Waals surface area contributed by atoms with E-state index in [-0.39, 0.29) is 0 Å². The molecular weight excluding hydrogens is 1720 g/mol. The highest BCUT2D eigenvalue weighted by Gasteiger charge is 2.26. The van der Waals surface area contributed by atoms with Crippen LogP contribution in [0.15, 0.2) is 534 Å². The molecule has 6 heteroatoms. The van der Waals surface area contributed by atoms with Crippen LogP contribution < -0.4 is 0 Å². The van der Waals surface area contributed by atoms with Crippen molar-refractivity contribution in [2.45, 2.75) is 0 Å². The first-order valence-corrected chi connectivity index (χ1v) is 48.9. The fraction of sp³-hybridized carbons (Fsp3) is 0. The van der Waals surface area contributed by atoms with Crippen molar-refractivity contribution in [3.05, 3.63) is 534 Å². The van der Waals surface area contributed by atoms with E-state index in [4.69, 9.17) is 0 Å². The van der Waals surface area contributed by atoms with Crippen LogP contribution in [0.2, 0.25) is 0 Å². The molecule has 0 bridgehead atoms. The van der Waals surface area contributed by atoms with Gasteiger partial charge in [0, 0.05) is 98.8 Å². The van der Waals surface area contributed by atoms with E-state index >= 15 is 0 Å². The van der Waals surface area contributed by atoms with Gasteiger partial charge >= 0.3 is 0 Å². The summed E-state index contributed by atoms with van der Waals surface area (Å²) in [4.78, 5) is 0. The van der Waals surface area contributed by atoms with Crippen molar-refractivity contribution in [2.75, 3.05) is 0 Å². The third-order valence-electron chi connectivity index (χ3n) is 29.5. The molecule has 0 aliphatic heterocycles. The summed E-state index contributed by atoms with van der Waals surface area (Å²) in [5.41, 5.74) is 33.8. The molecule has 6 heterocycles. The van der Waals surface area contributed by atoms with Gasteiger partial charge < -0.3 is 27.4 Å². The van der Waals surface area contributed by atoms with Gasteiger partial charge in [0.1, 0.15) is 0 Å². The van der Waals surface area contributed by atoms with Crippen LogP contribution in [0, 0.1) is 0 Å². The van der Waals surface area contributed by atoms with E-state index in [2.05, 4.69) is 561 Å². The quantitative estimate of drug-likeness (QED) is 0.124. The smallest absolute Gasteiger partial charge is 0.0548 e. The van der Waals surface area contributed by atoms with Crippen LogP contribution in [-0.4, -0.2) is 27.4 Å². The molecule has 0 radical (unpaired) electrons. The summed E-state index contributed by atoms with van der Waals surface area (Å²) >= 11 is 0. The van der Waals surface area contributed by atoms with Crippen molar-refractivity contribution in [3.8, 4) is 89.8 Å². The summed E-state index contributed by atoms with van der Waals surface area (Å²) in [7, 11) is 0. The first-order chi connectivity index (χ1) is 70.4. The summed E-state index contributed by atoms with van der Waals surface area (Å²) in [6.07, 6.45) is 0. The second-order valence-electron chi connectivity index (χ2n) is 37.4. The fourth-order valence-corrected chi connectivity index (χ4v) is 22.9. The number of hydrogen-bond acceptors (Lipinski definition) is 0. The zero-order valence-corrected chi connectivity index (χ0v) is 77.5. The van der Waals surface area contributed by atoms with Crippen molar-refractivity contribution in [3.63, 3.8) is 0 Å². The molecule has 0 saturated heterocycles. The number of aromatic nitrogens is 6. The molecule has 0 aliphatic rings. The van der Waals surface area contributed by atoms with Gasteiger partial charge in [-0.25, -0.2) is 0 Å². The zero-order chi connectivity index (χ0) is 93.4. The summed E-state index contributed by atoms with van der Waals surface area (Å²) in [6.45, 7) is 0. The number of nitrogens with zero attached hydrogens (tertiary/aromatic N) is 6. The Labute approximate surface area is 819 Å². The Morgan fingerprint density at radius 2 is 0.254 bits per heavy atom. The van der Waals surface area contributed by atoms with Gasteiger partial charge in [-0.15, -0.1) is 0 Å². The third kappa shape index (κ3) is 13.5. The zero-order valence-electron chi connectivity index (χ0n) is 77.5. The van der Waals surface area contributed by atoms with Crippen LogP contribution in [0.25, 0.3) is 264 Å². The molecule has 24 aromatic carbocycles. The Hall–Kier alpha value is -18.9. The molecule has 30 aromatic rings. The summed E-state index contributed by atoms with van der Waals surface area (Å²) in [5, 5.41) is 25.4. The predicted octanol–water partition coefficient (Wildman–Crippen LogP) is 36.6. The predicted molar refractivity (Wildman–Crippen MR) is 603 cm³/mol. The highest BCUT2D eigenvalue weighted by atomic mass is 15.0. The van der Waals surface area contributed by atoms with E-state index in [1.165, 1.54) is 241 Å². The third-order valence-corrected chi connectivity index (χ3v) is 29.5. The average Bonchev–Trinajstić information content (AvgIpc) is 1.55. The molecule has 6 nitrogen and oxygen atoms in total. The summed E-state index contributed by atoms with van der Waals surface area (Å²) in [6, 6.07) is 194. The molecule has 0 aliphatic carbocycles. The molecule has 6 aromatic heterocycles. The maximum Gasteiger partial charge on any atom is 0.0548 e. The highest BCUT2D eigenvalue weighted by Crippen LogP contribution is 2.49. The molecule has 30 rings (SSSR count). The number of rotatable bonds is 11. The Balaban J connectivity index is 0.000000104. The summed E-state index contributed by atoms with van der Waals surface area (Å²) in [5.74, 6) is 0. The molecule has 0 N–H and O–H groups in total. The van der Waals surface area contributed by atoms with Gasteiger partial charge in [0.15, 0.2) is 0 Å². The molecule has 662 valence electrons. The van der Waals surface area contributed by atoms with E-state index in [9.17, 15) is 0 Å². The van der Waals surface area contributed by atoms with E-state index in [0.717, 1.165) is 22.7 Å². The SMILES string of the molecule is c1ccc(-c2ccc(-n3c4ccccc4c4c5c6ccccc6n(-c6ccc(-c7ccc8ccccc8c7)cc6)c5ccc43)cc2)cc1.c1ccc(-c2ccc(-n3c4ccccc4c4c5c6ccccc6n(-c6ccc7cc(-c8ccccc8)ccc7c6)c5ccc43)cc2)cc1.c1ccc2cc(-c3ccc(-n4c5ccccc5c5c6c7ccccc7n(-c7ccc8ccccc8c7)c6ccc54)cc3)ccc2c1. The Bertz CT molecular complexity index is 10300. The first kappa shape index (κ1) is 81.5. The van der Waals surface area contributed by atoms with E-state index in [1.807, 2.05) is 0 Å². The second-order valence-corrected chi connectivity index (χ2v) is 37.4. The van der Waals surface area contributed by atoms with Gasteiger partial charge in [0.05, 0.1) is 66.2 Å². The van der Waals surface area contributed by atoms with Crippen LogP contribution in [0.1, 0.15) is 0 Å². The van der Waals surface area contributed by atoms with Crippen LogP contribution in [0.3, 0.4) is 0 Å². The van der Waals surface area contributed by atoms with Gasteiger partial charge in [-0.1, -0.05) is 370 Å². The molecule has 0 amide bonds. The lowest BCUT2D eigenvalue weighted by atomic mass is 10.0. The largest absolute Gasteiger partial charge is 0.309 e. The van der Waals surface area contributed by atoms with Gasteiger partial charge in [-0.05, 0) is 263 Å². The lowest BCUT2D eigenvalue weighted by molar-refractivity contribution is 1.17.